The zero-order valence-electron chi connectivity index (χ0n) is 13.2. The summed E-state index contributed by atoms with van der Waals surface area (Å²) in [7, 11) is 1.61. The Morgan fingerprint density at radius 1 is 1.35 bits per heavy atom. The third-order valence-electron chi connectivity index (χ3n) is 3.16. The molecule has 1 rings (SSSR count). The van der Waals surface area contributed by atoms with E-state index < -0.39 is 0 Å². The van der Waals surface area contributed by atoms with Crippen LogP contribution in [0.3, 0.4) is 0 Å². The van der Waals surface area contributed by atoms with Crippen LogP contribution >= 0.6 is 0 Å². The Kier molecular flexibility index (Phi) is 5.57. The standard InChI is InChI=1S/C16H26N2O2/c1-11-9-12(15(19)18-8-6-7-17)14(20-5)13(10-11)16(2,3)4/h9-10H,6-8,17H2,1-5H3,(H,18,19). The van der Waals surface area contributed by atoms with Gasteiger partial charge in [-0.2, -0.15) is 0 Å². The van der Waals surface area contributed by atoms with Crippen molar-refractivity contribution in [3.8, 4) is 5.75 Å². The predicted octanol–water partition coefficient (Wildman–Crippen LogP) is 2.38. The Morgan fingerprint density at radius 2 is 2.00 bits per heavy atom. The second kappa shape index (κ2) is 6.75. The molecule has 1 amide bonds. The number of rotatable bonds is 5. The number of carbonyl (C=O) groups is 1. The number of hydrogen-bond donors (Lipinski definition) is 2. The van der Waals surface area contributed by atoms with Crippen molar-refractivity contribution in [3.63, 3.8) is 0 Å². The van der Waals surface area contributed by atoms with Crippen molar-refractivity contribution in [2.45, 2.75) is 39.5 Å². The van der Waals surface area contributed by atoms with Crippen molar-refractivity contribution in [2.24, 2.45) is 5.73 Å². The minimum Gasteiger partial charge on any atom is -0.496 e. The molecule has 0 fully saturated rings. The van der Waals surface area contributed by atoms with Gasteiger partial charge in [0.05, 0.1) is 12.7 Å². The second-order valence-electron chi connectivity index (χ2n) is 6.04. The first-order valence-corrected chi connectivity index (χ1v) is 6.98. The first kappa shape index (κ1) is 16.5. The summed E-state index contributed by atoms with van der Waals surface area (Å²) < 4.78 is 5.50. The first-order chi connectivity index (χ1) is 9.31. The number of ether oxygens (including phenoxy) is 1. The number of amides is 1. The lowest BCUT2D eigenvalue weighted by Gasteiger charge is -2.24. The van der Waals surface area contributed by atoms with Crippen LogP contribution in [0, 0.1) is 6.92 Å². The maximum atomic E-state index is 12.3. The summed E-state index contributed by atoms with van der Waals surface area (Å²) in [6.45, 7) is 9.47. The highest BCUT2D eigenvalue weighted by atomic mass is 16.5. The van der Waals surface area contributed by atoms with Crippen molar-refractivity contribution in [2.75, 3.05) is 20.2 Å². The Hall–Kier alpha value is -1.55. The van der Waals surface area contributed by atoms with Crippen LogP contribution < -0.4 is 15.8 Å². The Bertz CT molecular complexity index is 476. The van der Waals surface area contributed by atoms with Gasteiger partial charge in [-0.05, 0) is 36.9 Å². The number of nitrogens with two attached hydrogens (primary N) is 1. The van der Waals surface area contributed by atoms with E-state index in [2.05, 4.69) is 32.2 Å². The van der Waals surface area contributed by atoms with E-state index in [4.69, 9.17) is 10.5 Å². The third-order valence-corrected chi connectivity index (χ3v) is 3.16. The highest BCUT2D eigenvalue weighted by Crippen LogP contribution is 2.35. The fourth-order valence-electron chi connectivity index (χ4n) is 2.12. The van der Waals surface area contributed by atoms with Gasteiger partial charge >= 0.3 is 0 Å². The highest BCUT2D eigenvalue weighted by molar-refractivity contribution is 5.97. The van der Waals surface area contributed by atoms with Crippen LogP contribution in [0.4, 0.5) is 0 Å². The van der Waals surface area contributed by atoms with Gasteiger partial charge in [0.2, 0.25) is 0 Å². The van der Waals surface area contributed by atoms with Crippen LogP contribution in [0.1, 0.15) is 48.7 Å². The molecular formula is C16H26N2O2. The van der Waals surface area contributed by atoms with E-state index in [1.807, 2.05) is 13.0 Å². The molecule has 112 valence electrons. The van der Waals surface area contributed by atoms with Gasteiger partial charge in [0.25, 0.3) is 5.91 Å². The summed E-state index contributed by atoms with van der Waals surface area (Å²) in [5.74, 6) is 0.554. The van der Waals surface area contributed by atoms with Crippen LogP contribution in [0.5, 0.6) is 5.75 Å². The molecule has 0 aliphatic rings. The molecule has 0 heterocycles. The molecule has 0 saturated heterocycles. The number of methoxy groups -OCH3 is 1. The number of hydrogen-bond acceptors (Lipinski definition) is 3. The van der Waals surface area contributed by atoms with Crippen LogP contribution in [0.2, 0.25) is 0 Å². The van der Waals surface area contributed by atoms with Gasteiger partial charge in [0, 0.05) is 12.1 Å². The van der Waals surface area contributed by atoms with E-state index in [9.17, 15) is 4.79 Å². The molecule has 0 spiro atoms. The fraction of sp³-hybridized carbons (Fsp3) is 0.562. The number of benzene rings is 1. The van der Waals surface area contributed by atoms with Crippen molar-refractivity contribution >= 4 is 5.91 Å². The van der Waals surface area contributed by atoms with Crippen LogP contribution in [0.15, 0.2) is 12.1 Å². The molecule has 1 aromatic rings. The Balaban J connectivity index is 3.18. The van der Waals surface area contributed by atoms with Gasteiger partial charge in [-0.15, -0.1) is 0 Å². The van der Waals surface area contributed by atoms with E-state index >= 15 is 0 Å². The summed E-state index contributed by atoms with van der Waals surface area (Å²) in [5, 5.41) is 2.88. The Morgan fingerprint density at radius 3 is 2.50 bits per heavy atom. The molecule has 3 N–H and O–H groups in total. The summed E-state index contributed by atoms with van der Waals surface area (Å²) in [5.41, 5.74) is 8.05. The molecule has 20 heavy (non-hydrogen) atoms. The van der Waals surface area contributed by atoms with E-state index in [1.165, 1.54) is 0 Å². The molecular weight excluding hydrogens is 252 g/mol. The summed E-state index contributed by atoms with van der Waals surface area (Å²) in [6.07, 6.45) is 0.770. The van der Waals surface area contributed by atoms with Gasteiger partial charge in [0.1, 0.15) is 5.75 Å². The SMILES string of the molecule is COc1c(C(=O)NCCCN)cc(C)cc1C(C)(C)C. The molecule has 0 aromatic heterocycles. The van der Waals surface area contributed by atoms with E-state index in [0.717, 1.165) is 17.5 Å². The monoisotopic (exact) mass is 278 g/mol. The van der Waals surface area contributed by atoms with Gasteiger partial charge < -0.3 is 15.8 Å². The topological polar surface area (TPSA) is 64.3 Å². The Labute approximate surface area is 121 Å². The molecule has 0 atom stereocenters. The zero-order chi connectivity index (χ0) is 15.3. The molecule has 4 nitrogen and oxygen atoms in total. The van der Waals surface area contributed by atoms with Gasteiger partial charge in [-0.1, -0.05) is 26.8 Å². The fourth-order valence-corrected chi connectivity index (χ4v) is 2.12. The van der Waals surface area contributed by atoms with Crippen molar-refractivity contribution in [1.82, 2.24) is 5.32 Å². The van der Waals surface area contributed by atoms with Crippen molar-refractivity contribution in [3.05, 3.63) is 28.8 Å². The number of aryl methyl sites for hydroxylation is 1. The normalized spacial score (nSPS) is 11.3. The lowest BCUT2D eigenvalue weighted by Crippen LogP contribution is -2.27. The van der Waals surface area contributed by atoms with Gasteiger partial charge in [-0.3, -0.25) is 4.79 Å². The number of carbonyl (C=O) groups excluding carboxylic acids is 1. The highest BCUT2D eigenvalue weighted by Gasteiger charge is 2.24. The van der Waals surface area contributed by atoms with Crippen molar-refractivity contribution < 1.29 is 9.53 Å². The maximum absolute atomic E-state index is 12.3. The molecule has 4 heteroatoms. The maximum Gasteiger partial charge on any atom is 0.255 e. The lowest BCUT2D eigenvalue weighted by molar-refractivity contribution is 0.0950. The average Bonchev–Trinajstić information content (AvgIpc) is 2.36. The van der Waals surface area contributed by atoms with Gasteiger partial charge in [0.15, 0.2) is 0 Å². The molecule has 0 saturated carbocycles. The van der Waals surface area contributed by atoms with E-state index in [-0.39, 0.29) is 11.3 Å². The minimum absolute atomic E-state index is 0.0797. The van der Waals surface area contributed by atoms with Crippen LogP contribution in [-0.2, 0) is 5.41 Å². The smallest absolute Gasteiger partial charge is 0.255 e. The average molecular weight is 278 g/mol. The summed E-state index contributed by atoms with van der Waals surface area (Å²) in [4.78, 5) is 12.3. The molecule has 0 aliphatic heterocycles. The molecule has 0 bridgehead atoms. The summed E-state index contributed by atoms with van der Waals surface area (Å²) >= 11 is 0. The number of nitrogens with one attached hydrogen (secondary N) is 1. The predicted molar refractivity (Wildman–Crippen MR) is 82.4 cm³/mol. The largest absolute Gasteiger partial charge is 0.496 e. The summed E-state index contributed by atoms with van der Waals surface area (Å²) in [6, 6.07) is 3.95. The van der Waals surface area contributed by atoms with E-state index in [1.54, 1.807) is 7.11 Å². The lowest BCUT2D eigenvalue weighted by atomic mass is 9.84. The van der Waals surface area contributed by atoms with Gasteiger partial charge in [-0.25, -0.2) is 0 Å². The van der Waals surface area contributed by atoms with E-state index in [0.29, 0.717) is 24.4 Å². The van der Waals surface area contributed by atoms with Crippen LogP contribution in [-0.4, -0.2) is 26.1 Å². The molecule has 0 aliphatic carbocycles. The minimum atomic E-state index is -0.107. The molecule has 1 aromatic carbocycles. The molecule has 0 unspecified atom stereocenters. The van der Waals surface area contributed by atoms with Crippen molar-refractivity contribution in [1.29, 1.82) is 0 Å². The molecule has 0 radical (unpaired) electrons. The quantitative estimate of drug-likeness (QED) is 0.813. The second-order valence-corrected chi connectivity index (χ2v) is 6.04. The third kappa shape index (κ3) is 3.97. The van der Waals surface area contributed by atoms with Crippen LogP contribution in [0.25, 0.3) is 0 Å². The first-order valence-electron chi connectivity index (χ1n) is 6.98. The zero-order valence-corrected chi connectivity index (χ0v) is 13.2.